The number of nitrogens with zero attached hydrogens (tertiary/aromatic N) is 3. The fraction of sp³-hybridized carbons (Fsp3) is 0.280. The molecule has 0 radical (unpaired) electrons. The zero-order valence-corrected chi connectivity index (χ0v) is 16.9. The van der Waals surface area contributed by atoms with Crippen LogP contribution in [0.1, 0.15) is 43.5 Å². The normalized spacial score (nSPS) is 19.7. The molecule has 29 heavy (non-hydrogen) atoms. The Balaban J connectivity index is 1.75. The number of likely N-dealkylation sites (tertiary alicyclic amines) is 1. The SMILES string of the molecule is CC1CCCC(C)N1C(=O)c1cn2c(-c3ccccc3)ncc2c2ccccc12. The van der Waals surface area contributed by atoms with Crippen molar-refractivity contribution in [2.45, 2.75) is 45.2 Å². The van der Waals surface area contributed by atoms with Gasteiger partial charge in [0, 0.05) is 29.2 Å². The lowest BCUT2D eigenvalue weighted by molar-refractivity contribution is 0.0512. The zero-order valence-electron chi connectivity index (χ0n) is 16.9. The minimum Gasteiger partial charge on any atom is -0.333 e. The summed E-state index contributed by atoms with van der Waals surface area (Å²) in [7, 11) is 0. The maximum absolute atomic E-state index is 13.7. The van der Waals surface area contributed by atoms with E-state index < -0.39 is 0 Å². The van der Waals surface area contributed by atoms with Crippen LogP contribution in [-0.2, 0) is 0 Å². The van der Waals surface area contributed by atoms with Crippen LogP contribution < -0.4 is 0 Å². The van der Waals surface area contributed by atoms with Crippen LogP contribution in [0.3, 0.4) is 0 Å². The van der Waals surface area contributed by atoms with Crippen LogP contribution in [0.25, 0.3) is 27.7 Å². The number of amides is 1. The van der Waals surface area contributed by atoms with Crippen molar-refractivity contribution in [3.05, 3.63) is 72.6 Å². The van der Waals surface area contributed by atoms with Crippen molar-refractivity contribution in [3.63, 3.8) is 0 Å². The number of pyridine rings is 1. The summed E-state index contributed by atoms with van der Waals surface area (Å²) >= 11 is 0. The minimum absolute atomic E-state index is 0.121. The Morgan fingerprint density at radius 1 is 0.931 bits per heavy atom. The third-order valence-corrected chi connectivity index (χ3v) is 6.24. The molecule has 146 valence electrons. The van der Waals surface area contributed by atoms with E-state index in [1.54, 1.807) is 0 Å². The van der Waals surface area contributed by atoms with Crippen LogP contribution in [0.15, 0.2) is 67.0 Å². The molecule has 1 aliphatic rings. The number of fused-ring (bicyclic) bond motifs is 3. The highest BCUT2D eigenvalue weighted by Gasteiger charge is 2.31. The van der Waals surface area contributed by atoms with Gasteiger partial charge in [0.25, 0.3) is 5.91 Å². The van der Waals surface area contributed by atoms with Gasteiger partial charge in [-0.3, -0.25) is 9.20 Å². The van der Waals surface area contributed by atoms with Gasteiger partial charge in [0.1, 0.15) is 5.82 Å². The number of hydrogen-bond donors (Lipinski definition) is 0. The Morgan fingerprint density at radius 3 is 2.31 bits per heavy atom. The number of carbonyl (C=O) groups excluding carboxylic acids is 1. The quantitative estimate of drug-likeness (QED) is 0.455. The number of hydrogen-bond acceptors (Lipinski definition) is 2. The molecule has 0 saturated carbocycles. The summed E-state index contributed by atoms with van der Waals surface area (Å²) in [5, 5.41) is 2.06. The average Bonchev–Trinajstić information content (AvgIpc) is 3.18. The second-order valence-electron chi connectivity index (χ2n) is 8.13. The smallest absolute Gasteiger partial charge is 0.256 e. The summed E-state index contributed by atoms with van der Waals surface area (Å²) in [4.78, 5) is 20.5. The van der Waals surface area contributed by atoms with E-state index in [0.717, 1.165) is 46.1 Å². The molecule has 1 amide bonds. The number of aromatic nitrogens is 2. The molecule has 4 nitrogen and oxygen atoms in total. The molecule has 2 aromatic heterocycles. The molecule has 5 rings (SSSR count). The van der Waals surface area contributed by atoms with Gasteiger partial charge in [-0.15, -0.1) is 0 Å². The molecule has 0 N–H and O–H groups in total. The van der Waals surface area contributed by atoms with Crippen molar-refractivity contribution in [3.8, 4) is 11.4 Å². The van der Waals surface area contributed by atoms with E-state index in [4.69, 9.17) is 4.98 Å². The van der Waals surface area contributed by atoms with Gasteiger partial charge in [-0.1, -0.05) is 54.6 Å². The van der Waals surface area contributed by atoms with Crippen molar-refractivity contribution in [2.24, 2.45) is 0 Å². The van der Waals surface area contributed by atoms with Crippen molar-refractivity contribution < 1.29 is 4.79 Å². The maximum atomic E-state index is 13.7. The van der Waals surface area contributed by atoms with Gasteiger partial charge in [0.15, 0.2) is 0 Å². The molecule has 1 saturated heterocycles. The van der Waals surface area contributed by atoms with E-state index in [9.17, 15) is 4.79 Å². The standard InChI is InChI=1S/C25H25N3O/c1-17-9-8-10-18(2)28(17)25(29)22-16-27-23(21-14-7-6-13-20(21)22)15-26-24(27)19-11-4-3-5-12-19/h3-7,11-18H,8-10H2,1-2H3. The van der Waals surface area contributed by atoms with E-state index in [0.29, 0.717) is 0 Å². The van der Waals surface area contributed by atoms with Gasteiger partial charge in [-0.25, -0.2) is 4.98 Å². The lowest BCUT2D eigenvalue weighted by atomic mass is 9.95. The number of carbonyl (C=O) groups is 1. The predicted octanol–water partition coefficient (Wildman–Crippen LogP) is 5.56. The van der Waals surface area contributed by atoms with Gasteiger partial charge < -0.3 is 4.90 Å². The topological polar surface area (TPSA) is 37.6 Å². The van der Waals surface area contributed by atoms with Gasteiger partial charge in [-0.05, 0) is 38.5 Å². The summed E-state index contributed by atoms with van der Waals surface area (Å²) in [5.74, 6) is 0.982. The van der Waals surface area contributed by atoms with Crippen molar-refractivity contribution in [1.29, 1.82) is 0 Å². The van der Waals surface area contributed by atoms with Gasteiger partial charge in [0.2, 0.25) is 0 Å². The summed E-state index contributed by atoms with van der Waals surface area (Å²) in [6.07, 6.45) is 7.22. The highest BCUT2D eigenvalue weighted by Crippen LogP contribution is 2.31. The van der Waals surface area contributed by atoms with Crippen LogP contribution in [-0.4, -0.2) is 32.3 Å². The van der Waals surface area contributed by atoms with Gasteiger partial charge in [-0.2, -0.15) is 0 Å². The molecule has 1 aliphatic heterocycles. The van der Waals surface area contributed by atoms with Crippen LogP contribution in [0, 0.1) is 0 Å². The molecule has 1 fully saturated rings. The largest absolute Gasteiger partial charge is 0.333 e. The van der Waals surface area contributed by atoms with E-state index in [1.807, 2.05) is 42.7 Å². The Kier molecular flexibility index (Phi) is 4.35. The van der Waals surface area contributed by atoms with Crippen LogP contribution in [0.2, 0.25) is 0 Å². The first-order valence-corrected chi connectivity index (χ1v) is 10.4. The average molecular weight is 383 g/mol. The van der Waals surface area contributed by atoms with Crippen molar-refractivity contribution in [1.82, 2.24) is 14.3 Å². The fourth-order valence-electron chi connectivity index (χ4n) is 4.76. The van der Waals surface area contributed by atoms with Crippen molar-refractivity contribution >= 4 is 22.2 Å². The number of benzene rings is 2. The van der Waals surface area contributed by atoms with E-state index >= 15 is 0 Å². The molecule has 0 bridgehead atoms. The molecule has 0 aliphatic carbocycles. The fourth-order valence-corrected chi connectivity index (χ4v) is 4.76. The molecule has 4 heteroatoms. The Labute approximate surface area is 170 Å². The first-order valence-electron chi connectivity index (χ1n) is 10.4. The van der Waals surface area contributed by atoms with E-state index in [-0.39, 0.29) is 18.0 Å². The third-order valence-electron chi connectivity index (χ3n) is 6.24. The maximum Gasteiger partial charge on any atom is 0.256 e. The van der Waals surface area contributed by atoms with Gasteiger partial charge >= 0.3 is 0 Å². The van der Waals surface area contributed by atoms with Crippen LogP contribution in [0.5, 0.6) is 0 Å². The third kappa shape index (κ3) is 2.91. The molecule has 3 heterocycles. The second-order valence-corrected chi connectivity index (χ2v) is 8.13. The lowest BCUT2D eigenvalue weighted by Gasteiger charge is -2.39. The summed E-state index contributed by atoms with van der Waals surface area (Å²) in [6.45, 7) is 4.34. The predicted molar refractivity (Wildman–Crippen MR) is 117 cm³/mol. The molecule has 2 unspecified atom stereocenters. The summed E-state index contributed by atoms with van der Waals surface area (Å²) in [6, 6.07) is 18.8. The van der Waals surface area contributed by atoms with Crippen LogP contribution in [0.4, 0.5) is 0 Å². The monoisotopic (exact) mass is 383 g/mol. The molecular formula is C25H25N3O. The molecule has 4 aromatic rings. The number of imidazole rings is 1. The summed E-state index contributed by atoms with van der Waals surface area (Å²) < 4.78 is 2.07. The van der Waals surface area contributed by atoms with Crippen LogP contribution >= 0.6 is 0 Å². The minimum atomic E-state index is 0.121. The van der Waals surface area contributed by atoms with E-state index in [2.05, 4.69) is 47.4 Å². The molecule has 2 aromatic carbocycles. The first-order chi connectivity index (χ1) is 14.1. The zero-order chi connectivity index (χ0) is 20.0. The van der Waals surface area contributed by atoms with Crippen molar-refractivity contribution in [2.75, 3.05) is 0 Å². The first kappa shape index (κ1) is 17.9. The Hall–Kier alpha value is -3.14. The van der Waals surface area contributed by atoms with Gasteiger partial charge in [0.05, 0.1) is 17.3 Å². The van der Waals surface area contributed by atoms with E-state index in [1.165, 1.54) is 6.42 Å². The highest BCUT2D eigenvalue weighted by atomic mass is 16.2. The molecular weight excluding hydrogens is 358 g/mol. The lowest BCUT2D eigenvalue weighted by Crippen LogP contribution is -2.47. The Bertz CT molecular complexity index is 1180. The highest BCUT2D eigenvalue weighted by molar-refractivity contribution is 6.11. The number of piperidine rings is 1. The summed E-state index contributed by atoms with van der Waals surface area (Å²) in [5.41, 5.74) is 2.82. The molecule has 0 spiro atoms. The Morgan fingerprint density at radius 2 is 1.59 bits per heavy atom. The number of rotatable bonds is 2. The molecule has 2 atom stereocenters. The second kappa shape index (κ2) is 7.03.